The lowest BCUT2D eigenvalue weighted by Crippen LogP contribution is -2.14. The minimum absolute atomic E-state index is 0.321. The number of aromatic nitrogens is 2. The summed E-state index contributed by atoms with van der Waals surface area (Å²) in [7, 11) is 1.77. The van der Waals surface area contributed by atoms with Crippen LogP contribution in [0.4, 0.5) is 5.69 Å². The number of amides is 1. The first-order valence-corrected chi connectivity index (χ1v) is 6.53. The van der Waals surface area contributed by atoms with Crippen molar-refractivity contribution in [2.75, 3.05) is 5.32 Å². The number of aliphatic carboxylic acids is 1. The summed E-state index contributed by atoms with van der Waals surface area (Å²) in [4.78, 5) is 23.1. The third kappa shape index (κ3) is 3.28. The second kappa shape index (κ2) is 5.78. The van der Waals surface area contributed by atoms with E-state index in [1.807, 2.05) is 6.92 Å². The van der Waals surface area contributed by atoms with E-state index in [9.17, 15) is 9.59 Å². The molecule has 21 heavy (non-hydrogen) atoms. The van der Waals surface area contributed by atoms with Crippen LogP contribution in [0.15, 0.2) is 30.3 Å². The summed E-state index contributed by atoms with van der Waals surface area (Å²) in [6.45, 7) is 3.46. The number of carbonyl (C=O) groups is 2. The standard InChI is InChI=1S/C15H17N3O3/c1-9-7-13(17-18(9)3)14(19)16-12-6-4-5-11(8-12)10(2)15(20)21/h4-8,10H,1-3H3,(H,16,19)(H,20,21). The number of carboxylic acids is 1. The van der Waals surface area contributed by atoms with Gasteiger partial charge in [0.05, 0.1) is 5.92 Å². The highest BCUT2D eigenvalue weighted by Gasteiger charge is 2.15. The van der Waals surface area contributed by atoms with Crippen molar-refractivity contribution < 1.29 is 14.7 Å². The van der Waals surface area contributed by atoms with Crippen LogP contribution < -0.4 is 5.32 Å². The molecule has 1 amide bonds. The van der Waals surface area contributed by atoms with Crippen LogP contribution in [-0.2, 0) is 11.8 Å². The third-order valence-corrected chi connectivity index (χ3v) is 3.36. The molecule has 1 heterocycles. The van der Waals surface area contributed by atoms with Crippen molar-refractivity contribution in [3.63, 3.8) is 0 Å². The molecule has 0 spiro atoms. The van der Waals surface area contributed by atoms with Crippen LogP contribution in [0.2, 0.25) is 0 Å². The summed E-state index contributed by atoms with van der Waals surface area (Å²) in [6, 6.07) is 8.50. The van der Waals surface area contributed by atoms with E-state index < -0.39 is 11.9 Å². The summed E-state index contributed by atoms with van der Waals surface area (Å²) in [5.41, 5.74) is 2.39. The first-order valence-electron chi connectivity index (χ1n) is 6.53. The van der Waals surface area contributed by atoms with Gasteiger partial charge in [-0.25, -0.2) is 0 Å². The van der Waals surface area contributed by atoms with Gasteiger partial charge in [0, 0.05) is 18.4 Å². The van der Waals surface area contributed by atoms with Gasteiger partial charge in [-0.3, -0.25) is 14.3 Å². The Morgan fingerprint density at radius 2 is 2.05 bits per heavy atom. The van der Waals surface area contributed by atoms with Crippen molar-refractivity contribution in [2.24, 2.45) is 7.05 Å². The maximum absolute atomic E-state index is 12.1. The van der Waals surface area contributed by atoms with E-state index in [2.05, 4.69) is 10.4 Å². The second-order valence-corrected chi connectivity index (χ2v) is 4.93. The Morgan fingerprint density at radius 3 is 2.62 bits per heavy atom. The first-order chi connectivity index (χ1) is 9.88. The fourth-order valence-corrected chi connectivity index (χ4v) is 1.90. The van der Waals surface area contributed by atoms with Gasteiger partial charge in [0.25, 0.3) is 5.91 Å². The fourth-order valence-electron chi connectivity index (χ4n) is 1.90. The lowest BCUT2D eigenvalue weighted by molar-refractivity contribution is -0.138. The van der Waals surface area contributed by atoms with E-state index >= 15 is 0 Å². The number of hydrogen-bond donors (Lipinski definition) is 2. The molecule has 0 saturated heterocycles. The molecule has 2 N–H and O–H groups in total. The Bertz CT molecular complexity index is 672. The SMILES string of the molecule is Cc1cc(C(=O)Nc2cccc(C(C)C(=O)O)c2)nn1C. The minimum Gasteiger partial charge on any atom is -0.481 e. The van der Waals surface area contributed by atoms with Gasteiger partial charge in [-0.2, -0.15) is 5.10 Å². The number of aryl methyl sites for hydroxylation is 2. The molecule has 2 rings (SSSR count). The van der Waals surface area contributed by atoms with Gasteiger partial charge in [0.2, 0.25) is 0 Å². The summed E-state index contributed by atoms with van der Waals surface area (Å²) in [5.74, 6) is -1.85. The van der Waals surface area contributed by atoms with Crippen molar-refractivity contribution in [3.05, 3.63) is 47.3 Å². The van der Waals surface area contributed by atoms with Crippen LogP contribution in [0, 0.1) is 6.92 Å². The summed E-state index contributed by atoms with van der Waals surface area (Å²) in [5, 5.41) is 15.8. The van der Waals surface area contributed by atoms with Gasteiger partial charge in [-0.1, -0.05) is 12.1 Å². The Balaban J connectivity index is 2.18. The maximum atomic E-state index is 12.1. The Morgan fingerprint density at radius 1 is 1.33 bits per heavy atom. The van der Waals surface area contributed by atoms with Crippen molar-refractivity contribution >= 4 is 17.6 Å². The van der Waals surface area contributed by atoms with Crippen molar-refractivity contribution in [3.8, 4) is 0 Å². The van der Waals surface area contributed by atoms with Crippen molar-refractivity contribution in [1.82, 2.24) is 9.78 Å². The molecule has 0 aliphatic heterocycles. The van der Waals surface area contributed by atoms with Gasteiger partial charge in [-0.15, -0.1) is 0 Å². The van der Waals surface area contributed by atoms with Crippen LogP contribution in [0.1, 0.15) is 34.6 Å². The van der Waals surface area contributed by atoms with Crippen LogP contribution in [0.25, 0.3) is 0 Å². The zero-order valence-corrected chi connectivity index (χ0v) is 12.1. The van der Waals surface area contributed by atoms with Crippen LogP contribution in [0.3, 0.4) is 0 Å². The molecule has 6 nitrogen and oxygen atoms in total. The number of carbonyl (C=O) groups excluding carboxylic acids is 1. The molecular formula is C15H17N3O3. The van der Waals surface area contributed by atoms with Crippen molar-refractivity contribution in [1.29, 1.82) is 0 Å². The zero-order valence-electron chi connectivity index (χ0n) is 12.1. The number of carboxylic acid groups (broad SMARTS) is 1. The number of rotatable bonds is 4. The van der Waals surface area contributed by atoms with Gasteiger partial charge >= 0.3 is 5.97 Å². The molecule has 2 aromatic rings. The van der Waals surface area contributed by atoms with Crippen LogP contribution >= 0.6 is 0 Å². The molecule has 1 unspecified atom stereocenters. The summed E-state index contributed by atoms with van der Waals surface area (Å²) < 4.78 is 1.62. The summed E-state index contributed by atoms with van der Waals surface area (Å²) in [6.07, 6.45) is 0. The number of nitrogens with zero attached hydrogens (tertiary/aromatic N) is 2. The Hall–Kier alpha value is -2.63. The van der Waals surface area contributed by atoms with Crippen LogP contribution in [0.5, 0.6) is 0 Å². The average Bonchev–Trinajstić information content (AvgIpc) is 2.78. The molecule has 6 heteroatoms. The molecule has 110 valence electrons. The highest BCUT2D eigenvalue weighted by atomic mass is 16.4. The fraction of sp³-hybridized carbons (Fsp3) is 0.267. The molecular weight excluding hydrogens is 270 g/mol. The van der Waals surface area contributed by atoms with Gasteiger partial charge < -0.3 is 10.4 Å². The van der Waals surface area contributed by atoms with Gasteiger partial charge in [0.1, 0.15) is 0 Å². The van der Waals surface area contributed by atoms with E-state index in [-0.39, 0.29) is 5.91 Å². The molecule has 0 aliphatic carbocycles. The van der Waals surface area contributed by atoms with E-state index in [1.165, 1.54) is 0 Å². The summed E-state index contributed by atoms with van der Waals surface area (Å²) >= 11 is 0. The number of benzene rings is 1. The number of nitrogens with one attached hydrogen (secondary N) is 1. The maximum Gasteiger partial charge on any atom is 0.310 e. The first kappa shape index (κ1) is 14.8. The Kier molecular flexibility index (Phi) is 4.07. The quantitative estimate of drug-likeness (QED) is 0.902. The second-order valence-electron chi connectivity index (χ2n) is 4.93. The predicted octanol–water partition coefficient (Wildman–Crippen LogP) is 2.17. The van der Waals surface area contributed by atoms with E-state index in [4.69, 9.17) is 5.11 Å². The number of hydrogen-bond acceptors (Lipinski definition) is 3. The number of anilines is 1. The van der Waals surface area contributed by atoms with E-state index in [1.54, 1.807) is 49.0 Å². The minimum atomic E-state index is -0.904. The molecule has 1 aromatic heterocycles. The predicted molar refractivity (Wildman–Crippen MR) is 78.4 cm³/mol. The molecule has 0 radical (unpaired) electrons. The van der Waals surface area contributed by atoms with E-state index in [0.29, 0.717) is 16.9 Å². The van der Waals surface area contributed by atoms with E-state index in [0.717, 1.165) is 5.69 Å². The smallest absolute Gasteiger partial charge is 0.310 e. The molecule has 1 atom stereocenters. The molecule has 1 aromatic carbocycles. The van der Waals surface area contributed by atoms with Gasteiger partial charge in [-0.05, 0) is 37.6 Å². The molecule has 0 aliphatic rings. The normalized spacial score (nSPS) is 12.0. The average molecular weight is 287 g/mol. The van der Waals surface area contributed by atoms with Gasteiger partial charge in [0.15, 0.2) is 5.69 Å². The zero-order chi connectivity index (χ0) is 15.6. The molecule has 0 bridgehead atoms. The highest BCUT2D eigenvalue weighted by molar-refractivity contribution is 6.03. The topological polar surface area (TPSA) is 84.2 Å². The highest BCUT2D eigenvalue weighted by Crippen LogP contribution is 2.20. The third-order valence-electron chi connectivity index (χ3n) is 3.36. The van der Waals surface area contributed by atoms with Crippen molar-refractivity contribution in [2.45, 2.75) is 19.8 Å². The Labute approximate surface area is 122 Å². The lowest BCUT2D eigenvalue weighted by atomic mass is 10.0. The largest absolute Gasteiger partial charge is 0.481 e. The molecule has 0 saturated carbocycles. The molecule has 0 fully saturated rings. The lowest BCUT2D eigenvalue weighted by Gasteiger charge is -2.09. The monoisotopic (exact) mass is 287 g/mol. The van der Waals surface area contributed by atoms with Crippen LogP contribution in [-0.4, -0.2) is 26.8 Å².